The molecular weight excluding hydrogens is 257 g/mol. The lowest BCUT2D eigenvalue weighted by Crippen LogP contribution is -2.27. The van der Waals surface area contributed by atoms with E-state index >= 15 is 0 Å². The summed E-state index contributed by atoms with van der Waals surface area (Å²) in [6.45, 7) is 4.64. The van der Waals surface area contributed by atoms with Crippen LogP contribution in [0.3, 0.4) is 0 Å². The van der Waals surface area contributed by atoms with Crippen LogP contribution in [0.15, 0.2) is 36.7 Å². The summed E-state index contributed by atoms with van der Waals surface area (Å²) in [5.41, 5.74) is 1.91. The number of rotatable bonds is 7. The topological polar surface area (TPSA) is 41.3 Å². The smallest absolute Gasteiger partial charge is 0.123 e. The van der Waals surface area contributed by atoms with Gasteiger partial charge in [0.2, 0.25) is 0 Å². The summed E-state index contributed by atoms with van der Waals surface area (Å²) in [5.74, 6) is -0.252. The molecule has 1 aromatic carbocycles. The van der Waals surface area contributed by atoms with Gasteiger partial charge < -0.3 is 5.11 Å². The van der Waals surface area contributed by atoms with Crippen LogP contribution in [0.4, 0.5) is 4.39 Å². The zero-order valence-corrected chi connectivity index (χ0v) is 11.7. The molecule has 2 rings (SSSR count). The van der Waals surface area contributed by atoms with E-state index in [2.05, 4.69) is 16.9 Å². The van der Waals surface area contributed by atoms with Crippen molar-refractivity contribution in [3.05, 3.63) is 48.0 Å². The molecule has 0 fully saturated rings. The minimum absolute atomic E-state index is 0.159. The van der Waals surface area contributed by atoms with Crippen molar-refractivity contribution in [3.63, 3.8) is 0 Å². The molecule has 0 atom stereocenters. The fourth-order valence-electron chi connectivity index (χ4n) is 2.16. The molecule has 0 unspecified atom stereocenters. The SMILES string of the molecule is CCCN(CCO)Cc1cnn(-c2ccc(F)cc2)c1. The van der Waals surface area contributed by atoms with E-state index in [0.717, 1.165) is 30.8 Å². The van der Waals surface area contributed by atoms with Crippen LogP contribution in [0.5, 0.6) is 0 Å². The zero-order chi connectivity index (χ0) is 14.4. The summed E-state index contributed by atoms with van der Waals surface area (Å²) < 4.78 is 14.6. The van der Waals surface area contributed by atoms with Crippen LogP contribution in [0.25, 0.3) is 5.69 Å². The maximum absolute atomic E-state index is 12.9. The molecular formula is C15H20FN3O. The predicted octanol–water partition coefficient (Wildman–Crippen LogP) is 2.22. The molecule has 0 saturated heterocycles. The predicted molar refractivity (Wildman–Crippen MR) is 76.2 cm³/mol. The van der Waals surface area contributed by atoms with Crippen LogP contribution < -0.4 is 0 Å². The van der Waals surface area contributed by atoms with Gasteiger partial charge in [-0.05, 0) is 37.2 Å². The van der Waals surface area contributed by atoms with Crippen molar-refractivity contribution in [2.45, 2.75) is 19.9 Å². The molecule has 0 radical (unpaired) electrons. The molecule has 1 heterocycles. The van der Waals surface area contributed by atoms with Crippen LogP contribution in [-0.4, -0.2) is 39.5 Å². The Morgan fingerprint density at radius 1 is 1.25 bits per heavy atom. The fourth-order valence-corrected chi connectivity index (χ4v) is 2.16. The van der Waals surface area contributed by atoms with Gasteiger partial charge >= 0.3 is 0 Å². The van der Waals surface area contributed by atoms with E-state index in [-0.39, 0.29) is 12.4 Å². The van der Waals surface area contributed by atoms with Crippen molar-refractivity contribution in [1.82, 2.24) is 14.7 Å². The molecule has 1 N–H and O–H groups in total. The summed E-state index contributed by atoms with van der Waals surface area (Å²) >= 11 is 0. The Morgan fingerprint density at radius 2 is 2.00 bits per heavy atom. The zero-order valence-electron chi connectivity index (χ0n) is 11.7. The Bertz CT molecular complexity index is 518. The molecule has 108 valence electrons. The normalized spacial score (nSPS) is 11.2. The van der Waals surface area contributed by atoms with E-state index in [4.69, 9.17) is 5.11 Å². The molecule has 0 aliphatic rings. The molecule has 5 heteroatoms. The number of halogens is 1. The molecule has 0 saturated carbocycles. The van der Waals surface area contributed by atoms with Crippen LogP contribution in [-0.2, 0) is 6.54 Å². The number of aliphatic hydroxyl groups is 1. The quantitative estimate of drug-likeness (QED) is 0.843. The van der Waals surface area contributed by atoms with Crippen molar-refractivity contribution in [2.75, 3.05) is 19.7 Å². The molecule has 4 nitrogen and oxygen atoms in total. The lowest BCUT2D eigenvalue weighted by atomic mass is 10.3. The minimum atomic E-state index is -0.252. The average Bonchev–Trinajstić information content (AvgIpc) is 2.89. The highest BCUT2D eigenvalue weighted by atomic mass is 19.1. The van der Waals surface area contributed by atoms with Crippen molar-refractivity contribution >= 4 is 0 Å². The highest BCUT2D eigenvalue weighted by Crippen LogP contribution is 2.11. The average molecular weight is 277 g/mol. The molecule has 1 aromatic heterocycles. The van der Waals surface area contributed by atoms with Crippen molar-refractivity contribution in [3.8, 4) is 5.69 Å². The van der Waals surface area contributed by atoms with Crippen molar-refractivity contribution in [1.29, 1.82) is 0 Å². The maximum atomic E-state index is 12.9. The van der Waals surface area contributed by atoms with Gasteiger partial charge in [-0.1, -0.05) is 6.92 Å². The second kappa shape index (κ2) is 7.17. The van der Waals surface area contributed by atoms with E-state index in [1.807, 2.05) is 12.4 Å². The first-order valence-electron chi connectivity index (χ1n) is 6.85. The number of nitrogens with zero attached hydrogens (tertiary/aromatic N) is 3. The van der Waals surface area contributed by atoms with Gasteiger partial charge in [-0.2, -0.15) is 5.10 Å². The van der Waals surface area contributed by atoms with E-state index in [0.29, 0.717) is 6.54 Å². The van der Waals surface area contributed by atoms with Crippen molar-refractivity contribution < 1.29 is 9.50 Å². The summed E-state index contributed by atoms with van der Waals surface area (Å²) in [5, 5.41) is 13.3. The third-order valence-electron chi connectivity index (χ3n) is 3.09. The number of aromatic nitrogens is 2. The largest absolute Gasteiger partial charge is 0.395 e. The number of hydrogen-bond donors (Lipinski definition) is 1. The molecule has 0 amide bonds. The molecule has 2 aromatic rings. The van der Waals surface area contributed by atoms with E-state index < -0.39 is 0 Å². The van der Waals surface area contributed by atoms with Crippen LogP contribution in [0.2, 0.25) is 0 Å². The Morgan fingerprint density at radius 3 is 2.65 bits per heavy atom. The van der Waals surface area contributed by atoms with E-state index in [1.54, 1.807) is 16.8 Å². The molecule has 0 aliphatic heterocycles. The summed E-state index contributed by atoms with van der Waals surface area (Å²) in [6, 6.07) is 6.24. The van der Waals surface area contributed by atoms with Gasteiger partial charge in [0.1, 0.15) is 5.82 Å². The summed E-state index contributed by atoms with van der Waals surface area (Å²) in [7, 11) is 0. The second-order valence-electron chi connectivity index (χ2n) is 4.77. The molecule has 0 bridgehead atoms. The van der Waals surface area contributed by atoms with E-state index in [1.165, 1.54) is 12.1 Å². The first-order valence-corrected chi connectivity index (χ1v) is 6.85. The second-order valence-corrected chi connectivity index (χ2v) is 4.77. The van der Waals surface area contributed by atoms with Crippen LogP contribution >= 0.6 is 0 Å². The van der Waals surface area contributed by atoms with Gasteiger partial charge in [0.15, 0.2) is 0 Å². The van der Waals surface area contributed by atoms with Crippen LogP contribution in [0.1, 0.15) is 18.9 Å². The Hall–Kier alpha value is -1.72. The third-order valence-corrected chi connectivity index (χ3v) is 3.09. The van der Waals surface area contributed by atoms with E-state index in [9.17, 15) is 4.39 Å². The first-order chi connectivity index (χ1) is 9.72. The summed E-state index contributed by atoms with van der Waals surface area (Å²) in [4.78, 5) is 2.19. The molecule has 0 aliphatic carbocycles. The third kappa shape index (κ3) is 3.88. The lowest BCUT2D eigenvalue weighted by molar-refractivity contribution is 0.190. The van der Waals surface area contributed by atoms with Gasteiger partial charge in [-0.15, -0.1) is 0 Å². The number of benzene rings is 1. The Kier molecular flexibility index (Phi) is 5.26. The monoisotopic (exact) mass is 277 g/mol. The van der Waals surface area contributed by atoms with Crippen LogP contribution in [0, 0.1) is 5.82 Å². The standard InChI is InChI=1S/C15H20FN3O/c1-2-7-18(8-9-20)11-13-10-17-19(12-13)15-5-3-14(16)4-6-15/h3-6,10,12,20H,2,7-9,11H2,1H3. The molecule has 20 heavy (non-hydrogen) atoms. The number of aliphatic hydroxyl groups excluding tert-OH is 1. The van der Waals surface area contributed by atoms with Gasteiger partial charge in [0, 0.05) is 24.8 Å². The highest BCUT2D eigenvalue weighted by Gasteiger charge is 2.07. The Balaban J connectivity index is 2.06. The van der Waals surface area contributed by atoms with Gasteiger partial charge in [-0.3, -0.25) is 4.90 Å². The minimum Gasteiger partial charge on any atom is -0.395 e. The van der Waals surface area contributed by atoms with Gasteiger partial charge in [-0.25, -0.2) is 9.07 Å². The lowest BCUT2D eigenvalue weighted by Gasteiger charge is -2.19. The Labute approximate surface area is 118 Å². The first kappa shape index (κ1) is 14.7. The van der Waals surface area contributed by atoms with Gasteiger partial charge in [0.05, 0.1) is 18.5 Å². The van der Waals surface area contributed by atoms with Crippen molar-refractivity contribution in [2.24, 2.45) is 0 Å². The summed E-state index contributed by atoms with van der Waals surface area (Å²) in [6.07, 6.45) is 4.79. The fraction of sp³-hybridized carbons (Fsp3) is 0.400. The molecule has 0 spiro atoms. The maximum Gasteiger partial charge on any atom is 0.123 e. The highest BCUT2D eigenvalue weighted by molar-refractivity contribution is 5.31. The number of hydrogen-bond acceptors (Lipinski definition) is 3. The van der Waals surface area contributed by atoms with Gasteiger partial charge in [0.25, 0.3) is 0 Å².